The Labute approximate surface area is 73.9 Å². The van der Waals surface area contributed by atoms with Crippen molar-refractivity contribution in [2.75, 3.05) is 18.0 Å². The number of nitrogens with zero attached hydrogens (tertiary/aromatic N) is 3. The Balaban J connectivity index is 2.52. The van der Waals surface area contributed by atoms with Gasteiger partial charge in [0, 0.05) is 6.42 Å². The molecule has 0 radical (unpaired) electrons. The number of nitrogen functional groups attached to an aromatic ring is 2. The Morgan fingerprint density at radius 1 is 1.38 bits per heavy atom. The molecule has 13 heavy (non-hydrogen) atoms. The van der Waals surface area contributed by atoms with E-state index in [0.717, 1.165) is 5.82 Å². The average Bonchev–Trinajstić information content (AvgIpc) is 2.56. The van der Waals surface area contributed by atoms with Gasteiger partial charge >= 0.3 is 0 Å². The Morgan fingerprint density at radius 3 is 2.77 bits per heavy atom. The second kappa shape index (κ2) is 2.63. The van der Waals surface area contributed by atoms with Gasteiger partial charge in [0.25, 0.3) is 0 Å². The third kappa shape index (κ3) is 1.09. The van der Waals surface area contributed by atoms with Gasteiger partial charge in [0.15, 0.2) is 5.82 Å². The third-order valence-electron chi connectivity index (χ3n) is 1.78. The summed E-state index contributed by atoms with van der Waals surface area (Å²) in [5, 5.41) is 6.84. The van der Waals surface area contributed by atoms with E-state index in [4.69, 9.17) is 17.2 Å². The molecule has 0 bridgehead atoms. The molecule has 70 valence electrons. The first kappa shape index (κ1) is 7.87. The Bertz CT molecular complexity index is 425. The minimum atomic E-state index is 0.290. The summed E-state index contributed by atoms with van der Waals surface area (Å²) in [7, 11) is 0. The number of hydrogen-bond acceptors (Lipinski definition) is 5. The van der Waals surface area contributed by atoms with Gasteiger partial charge in [-0.15, -0.1) is 9.73 Å². The summed E-state index contributed by atoms with van der Waals surface area (Å²) >= 11 is 0. The second-order valence-electron chi connectivity index (χ2n) is 2.74. The number of fused-ring (bicyclic) bond motifs is 1. The Hall–Kier alpha value is -1.76. The van der Waals surface area contributed by atoms with Gasteiger partial charge in [0.2, 0.25) is 5.65 Å². The summed E-state index contributed by atoms with van der Waals surface area (Å²) < 4.78 is 1.45. The average molecular weight is 181 g/mol. The lowest BCUT2D eigenvalue weighted by molar-refractivity contribution is 0.779. The van der Waals surface area contributed by atoms with Crippen LogP contribution in [-0.2, 0) is 6.42 Å². The first-order valence-corrected chi connectivity index (χ1v) is 3.91. The molecule has 7 N–H and O–H groups in total. The molecule has 0 fully saturated rings. The highest BCUT2D eigenvalue weighted by molar-refractivity contribution is 5.75. The fourth-order valence-electron chi connectivity index (χ4n) is 1.15. The quantitative estimate of drug-likeness (QED) is 0.459. The highest BCUT2D eigenvalue weighted by Crippen LogP contribution is 2.17. The molecule has 0 spiro atoms. The van der Waals surface area contributed by atoms with Crippen LogP contribution in [0.15, 0.2) is 0 Å². The molecule has 0 aliphatic heterocycles. The summed E-state index contributed by atoms with van der Waals surface area (Å²) in [5.74, 6) is 1.05. The molecule has 0 unspecified atom stereocenters. The lowest BCUT2D eigenvalue weighted by atomic mass is 10.4. The van der Waals surface area contributed by atoms with Gasteiger partial charge in [-0.25, -0.2) is 4.98 Å². The summed E-state index contributed by atoms with van der Waals surface area (Å²) in [6.45, 7) is 0.534. The van der Waals surface area contributed by atoms with E-state index in [0.29, 0.717) is 24.3 Å². The maximum atomic E-state index is 5.63. The van der Waals surface area contributed by atoms with E-state index in [-0.39, 0.29) is 5.82 Å². The van der Waals surface area contributed by atoms with Crippen LogP contribution in [0.5, 0.6) is 0 Å². The van der Waals surface area contributed by atoms with Crippen LogP contribution in [0, 0.1) is 0 Å². The summed E-state index contributed by atoms with van der Waals surface area (Å²) in [4.78, 5) is 4.18. The van der Waals surface area contributed by atoms with E-state index >= 15 is 0 Å². The van der Waals surface area contributed by atoms with Gasteiger partial charge in [-0.3, -0.25) is 5.10 Å². The third-order valence-corrected chi connectivity index (χ3v) is 1.78. The highest BCUT2D eigenvalue weighted by atomic mass is 15.5. The second-order valence-corrected chi connectivity index (χ2v) is 2.74. The SMILES string of the molecule is NCCc1nc2c(N)c(N)nn2[nH]1. The molecule has 2 aromatic heterocycles. The fourth-order valence-corrected chi connectivity index (χ4v) is 1.15. The number of hydrogen-bond donors (Lipinski definition) is 4. The molecular formula is C6H11N7. The number of aromatic amines is 1. The molecular weight excluding hydrogens is 170 g/mol. The van der Waals surface area contributed by atoms with Crippen LogP contribution in [-0.4, -0.2) is 26.4 Å². The number of rotatable bonds is 2. The van der Waals surface area contributed by atoms with Crippen molar-refractivity contribution in [3.63, 3.8) is 0 Å². The molecule has 2 heterocycles. The predicted molar refractivity (Wildman–Crippen MR) is 48.9 cm³/mol. The van der Waals surface area contributed by atoms with Crippen LogP contribution in [0.25, 0.3) is 5.65 Å². The lowest BCUT2D eigenvalue weighted by Crippen LogP contribution is -2.04. The normalized spacial score (nSPS) is 11.2. The fraction of sp³-hybridized carbons (Fsp3) is 0.333. The first-order valence-electron chi connectivity index (χ1n) is 3.91. The van der Waals surface area contributed by atoms with Crippen molar-refractivity contribution < 1.29 is 0 Å². The Morgan fingerprint density at radius 2 is 2.15 bits per heavy atom. The van der Waals surface area contributed by atoms with Gasteiger partial charge in [0.05, 0.1) is 0 Å². The number of anilines is 2. The standard InChI is InChI=1S/C6H11N7/c7-2-1-3-10-6-4(8)5(9)12-13(6)11-3/h1-2,7-8H2,(H2,9,12)(H,10,11). The molecule has 0 amide bonds. The van der Waals surface area contributed by atoms with E-state index in [1.807, 2.05) is 0 Å². The zero-order valence-electron chi connectivity index (χ0n) is 6.99. The number of aromatic nitrogens is 4. The topological polar surface area (TPSA) is 124 Å². The molecule has 2 aromatic rings. The lowest BCUT2D eigenvalue weighted by Gasteiger charge is -1.88. The minimum absolute atomic E-state index is 0.290. The van der Waals surface area contributed by atoms with Crippen LogP contribution in [0.1, 0.15) is 5.82 Å². The van der Waals surface area contributed by atoms with Gasteiger partial charge in [0.1, 0.15) is 11.5 Å². The summed E-state index contributed by atoms with van der Waals surface area (Å²) in [5.41, 5.74) is 17.4. The van der Waals surface area contributed by atoms with Crippen LogP contribution in [0.4, 0.5) is 11.5 Å². The predicted octanol–water partition coefficient (Wildman–Crippen LogP) is -1.28. The van der Waals surface area contributed by atoms with E-state index in [2.05, 4.69) is 15.2 Å². The van der Waals surface area contributed by atoms with Crippen LogP contribution in [0.3, 0.4) is 0 Å². The van der Waals surface area contributed by atoms with Crippen LogP contribution in [0.2, 0.25) is 0 Å². The largest absolute Gasteiger partial charge is 0.393 e. The van der Waals surface area contributed by atoms with Crippen molar-refractivity contribution in [3.05, 3.63) is 5.82 Å². The molecule has 0 aliphatic carbocycles. The van der Waals surface area contributed by atoms with Gasteiger partial charge in [-0.2, -0.15) is 0 Å². The van der Waals surface area contributed by atoms with Gasteiger partial charge in [-0.05, 0) is 6.54 Å². The monoisotopic (exact) mass is 181 g/mol. The molecule has 2 rings (SSSR count). The molecule has 0 atom stereocenters. The van der Waals surface area contributed by atoms with Gasteiger partial charge in [-0.1, -0.05) is 0 Å². The zero-order valence-corrected chi connectivity index (χ0v) is 6.99. The van der Waals surface area contributed by atoms with Crippen molar-refractivity contribution >= 4 is 17.2 Å². The van der Waals surface area contributed by atoms with Crippen molar-refractivity contribution in [2.45, 2.75) is 6.42 Å². The van der Waals surface area contributed by atoms with E-state index in [9.17, 15) is 0 Å². The summed E-state index contributed by atoms with van der Waals surface area (Å²) in [6.07, 6.45) is 0.669. The van der Waals surface area contributed by atoms with Crippen LogP contribution < -0.4 is 17.2 Å². The van der Waals surface area contributed by atoms with Crippen molar-refractivity contribution in [2.24, 2.45) is 5.73 Å². The van der Waals surface area contributed by atoms with Crippen molar-refractivity contribution in [1.29, 1.82) is 0 Å². The molecule has 7 heteroatoms. The van der Waals surface area contributed by atoms with Crippen molar-refractivity contribution in [1.82, 2.24) is 19.8 Å². The van der Waals surface area contributed by atoms with E-state index in [1.54, 1.807) is 0 Å². The molecule has 0 saturated heterocycles. The van der Waals surface area contributed by atoms with Crippen molar-refractivity contribution in [3.8, 4) is 0 Å². The molecule has 0 saturated carbocycles. The first-order chi connectivity index (χ1) is 6.22. The maximum absolute atomic E-state index is 5.63. The number of H-pyrrole nitrogens is 1. The highest BCUT2D eigenvalue weighted by Gasteiger charge is 2.10. The summed E-state index contributed by atoms with van der Waals surface area (Å²) in [6, 6.07) is 0. The molecule has 0 aliphatic rings. The van der Waals surface area contributed by atoms with E-state index in [1.165, 1.54) is 4.63 Å². The minimum Gasteiger partial charge on any atom is -0.393 e. The number of nitrogens with one attached hydrogen (secondary N) is 1. The van der Waals surface area contributed by atoms with Crippen LogP contribution >= 0.6 is 0 Å². The molecule has 7 nitrogen and oxygen atoms in total. The zero-order chi connectivity index (χ0) is 9.42. The maximum Gasteiger partial charge on any atom is 0.201 e. The smallest absolute Gasteiger partial charge is 0.201 e. The Kier molecular flexibility index (Phi) is 1.59. The molecule has 0 aromatic carbocycles. The van der Waals surface area contributed by atoms with E-state index < -0.39 is 0 Å². The van der Waals surface area contributed by atoms with Gasteiger partial charge < -0.3 is 17.2 Å². The number of nitrogens with two attached hydrogens (primary N) is 3.